The summed E-state index contributed by atoms with van der Waals surface area (Å²) in [7, 11) is 0. The van der Waals surface area contributed by atoms with E-state index in [-0.39, 0.29) is 11.8 Å². The maximum atomic E-state index is 12.9. The molecule has 1 heterocycles. The van der Waals surface area contributed by atoms with Gasteiger partial charge in [-0.25, -0.2) is 0 Å². The Bertz CT molecular complexity index is 664. The number of hydrogen-bond acceptors (Lipinski definition) is 2. The number of carbonyl (C=O) groups excluding carboxylic acids is 1. The minimum absolute atomic E-state index is 0.0340. The second-order valence-electron chi connectivity index (χ2n) is 6.16. The summed E-state index contributed by atoms with van der Waals surface area (Å²) in [5.74, 6) is 0.215. The molecule has 1 atom stereocenters. The minimum Gasteiger partial charge on any atom is -0.368 e. The van der Waals surface area contributed by atoms with Gasteiger partial charge in [0, 0.05) is 36.9 Å². The standard InChI is InChI=1S/C20H23ClN2O/c1-2-19(16-6-4-3-5-7-16)20(24)23-14-12-22(13-15-23)18-10-8-17(21)9-11-18/h3-11,19H,2,12-15H2,1H3. The second kappa shape index (κ2) is 7.71. The molecule has 2 aromatic carbocycles. The van der Waals surface area contributed by atoms with Gasteiger partial charge >= 0.3 is 0 Å². The predicted molar refractivity (Wildman–Crippen MR) is 99.7 cm³/mol. The molecule has 0 radical (unpaired) electrons. The van der Waals surface area contributed by atoms with Gasteiger partial charge in [-0.1, -0.05) is 48.9 Å². The van der Waals surface area contributed by atoms with E-state index in [1.807, 2.05) is 47.4 Å². The van der Waals surface area contributed by atoms with E-state index in [2.05, 4.69) is 24.0 Å². The van der Waals surface area contributed by atoms with Crippen LogP contribution in [0.25, 0.3) is 0 Å². The molecule has 3 rings (SSSR count). The Balaban J connectivity index is 1.63. The van der Waals surface area contributed by atoms with Gasteiger partial charge in [-0.05, 0) is 36.2 Å². The highest BCUT2D eigenvalue weighted by Crippen LogP contribution is 2.24. The van der Waals surface area contributed by atoms with Gasteiger partial charge in [0.25, 0.3) is 0 Å². The molecular weight excluding hydrogens is 320 g/mol. The Morgan fingerprint density at radius 1 is 1.00 bits per heavy atom. The third-order valence-electron chi connectivity index (χ3n) is 4.69. The molecule has 0 saturated carbocycles. The van der Waals surface area contributed by atoms with E-state index in [9.17, 15) is 4.79 Å². The van der Waals surface area contributed by atoms with Crippen LogP contribution < -0.4 is 4.90 Å². The molecule has 1 unspecified atom stereocenters. The molecule has 0 bridgehead atoms. The average Bonchev–Trinajstić information content (AvgIpc) is 2.64. The number of anilines is 1. The van der Waals surface area contributed by atoms with E-state index in [0.29, 0.717) is 0 Å². The molecule has 126 valence electrons. The molecule has 24 heavy (non-hydrogen) atoms. The Labute approximate surface area is 148 Å². The van der Waals surface area contributed by atoms with E-state index in [1.54, 1.807) is 0 Å². The Morgan fingerprint density at radius 2 is 1.62 bits per heavy atom. The van der Waals surface area contributed by atoms with Crippen LogP contribution in [-0.4, -0.2) is 37.0 Å². The number of rotatable bonds is 4. The zero-order valence-corrected chi connectivity index (χ0v) is 14.7. The molecule has 1 amide bonds. The predicted octanol–water partition coefficient (Wildman–Crippen LogP) is 4.18. The lowest BCUT2D eigenvalue weighted by atomic mass is 9.95. The topological polar surface area (TPSA) is 23.6 Å². The second-order valence-corrected chi connectivity index (χ2v) is 6.60. The third-order valence-corrected chi connectivity index (χ3v) is 4.94. The molecule has 0 spiro atoms. The van der Waals surface area contributed by atoms with Gasteiger partial charge in [-0.15, -0.1) is 0 Å². The van der Waals surface area contributed by atoms with Crippen molar-refractivity contribution in [3.63, 3.8) is 0 Å². The average molecular weight is 343 g/mol. The van der Waals surface area contributed by atoms with E-state index in [4.69, 9.17) is 11.6 Å². The van der Waals surface area contributed by atoms with Crippen molar-refractivity contribution in [2.24, 2.45) is 0 Å². The summed E-state index contributed by atoms with van der Waals surface area (Å²) in [5, 5.41) is 0.751. The van der Waals surface area contributed by atoms with Crippen LogP contribution in [0, 0.1) is 0 Å². The van der Waals surface area contributed by atoms with Crippen LogP contribution >= 0.6 is 11.6 Å². The van der Waals surface area contributed by atoms with Gasteiger partial charge in [-0.3, -0.25) is 4.79 Å². The molecule has 1 fully saturated rings. The summed E-state index contributed by atoms with van der Waals surface area (Å²) in [5.41, 5.74) is 2.28. The van der Waals surface area contributed by atoms with E-state index in [1.165, 1.54) is 5.69 Å². The first-order valence-corrected chi connectivity index (χ1v) is 8.91. The summed E-state index contributed by atoms with van der Waals surface area (Å²) < 4.78 is 0. The van der Waals surface area contributed by atoms with Gasteiger partial charge < -0.3 is 9.80 Å². The van der Waals surface area contributed by atoms with Crippen LogP contribution in [0.4, 0.5) is 5.69 Å². The third kappa shape index (κ3) is 3.73. The molecule has 1 aliphatic heterocycles. The number of amides is 1. The number of halogens is 1. The van der Waals surface area contributed by atoms with Crippen LogP contribution in [0.2, 0.25) is 5.02 Å². The van der Waals surface area contributed by atoms with Crippen molar-refractivity contribution in [2.75, 3.05) is 31.1 Å². The van der Waals surface area contributed by atoms with E-state index >= 15 is 0 Å². The summed E-state index contributed by atoms with van der Waals surface area (Å²) >= 11 is 5.95. The van der Waals surface area contributed by atoms with Crippen LogP contribution in [0.5, 0.6) is 0 Å². The molecule has 0 aliphatic carbocycles. The van der Waals surface area contributed by atoms with Crippen LogP contribution in [0.3, 0.4) is 0 Å². The Kier molecular flexibility index (Phi) is 5.41. The van der Waals surface area contributed by atoms with Crippen LogP contribution in [0.15, 0.2) is 54.6 Å². The molecule has 0 aromatic heterocycles. The van der Waals surface area contributed by atoms with Crippen molar-refractivity contribution < 1.29 is 4.79 Å². The quantitative estimate of drug-likeness (QED) is 0.832. The molecule has 3 nitrogen and oxygen atoms in total. The summed E-state index contributed by atoms with van der Waals surface area (Å²) in [6, 6.07) is 18.0. The summed E-state index contributed by atoms with van der Waals surface area (Å²) in [6.07, 6.45) is 0.834. The van der Waals surface area contributed by atoms with Crippen LogP contribution in [0.1, 0.15) is 24.8 Å². The largest absolute Gasteiger partial charge is 0.368 e. The molecule has 4 heteroatoms. The molecule has 0 N–H and O–H groups in total. The van der Waals surface area contributed by atoms with Crippen molar-refractivity contribution in [2.45, 2.75) is 19.3 Å². The van der Waals surface area contributed by atoms with Crippen molar-refractivity contribution in [1.82, 2.24) is 4.90 Å². The fourth-order valence-corrected chi connectivity index (χ4v) is 3.42. The molecule has 1 aliphatic rings. The van der Waals surface area contributed by atoms with Crippen molar-refractivity contribution in [1.29, 1.82) is 0 Å². The van der Waals surface area contributed by atoms with Gasteiger partial charge in [0.1, 0.15) is 0 Å². The Morgan fingerprint density at radius 3 is 2.21 bits per heavy atom. The monoisotopic (exact) mass is 342 g/mol. The molecule has 1 saturated heterocycles. The van der Waals surface area contributed by atoms with Gasteiger partial charge in [0.15, 0.2) is 0 Å². The number of hydrogen-bond donors (Lipinski definition) is 0. The SMILES string of the molecule is CCC(C(=O)N1CCN(c2ccc(Cl)cc2)CC1)c1ccccc1. The van der Waals surface area contributed by atoms with E-state index < -0.39 is 0 Å². The highest BCUT2D eigenvalue weighted by molar-refractivity contribution is 6.30. The number of benzene rings is 2. The van der Waals surface area contributed by atoms with E-state index in [0.717, 1.165) is 43.2 Å². The lowest BCUT2D eigenvalue weighted by molar-refractivity contribution is -0.133. The zero-order valence-electron chi connectivity index (χ0n) is 14.0. The van der Waals surface area contributed by atoms with Gasteiger partial charge in [-0.2, -0.15) is 0 Å². The van der Waals surface area contributed by atoms with Crippen molar-refractivity contribution >= 4 is 23.2 Å². The summed E-state index contributed by atoms with van der Waals surface area (Å²) in [4.78, 5) is 17.2. The zero-order chi connectivity index (χ0) is 16.9. The fraction of sp³-hybridized carbons (Fsp3) is 0.350. The van der Waals surface area contributed by atoms with Crippen molar-refractivity contribution in [3.05, 3.63) is 65.2 Å². The number of nitrogens with zero attached hydrogens (tertiary/aromatic N) is 2. The first-order valence-electron chi connectivity index (χ1n) is 8.53. The van der Waals surface area contributed by atoms with Gasteiger partial charge in [0.05, 0.1) is 5.92 Å². The van der Waals surface area contributed by atoms with Crippen LogP contribution in [-0.2, 0) is 4.79 Å². The Hall–Kier alpha value is -2.00. The highest BCUT2D eigenvalue weighted by Gasteiger charge is 2.27. The first kappa shape index (κ1) is 16.8. The smallest absolute Gasteiger partial charge is 0.230 e. The maximum Gasteiger partial charge on any atom is 0.230 e. The molecular formula is C20H23ClN2O. The highest BCUT2D eigenvalue weighted by atomic mass is 35.5. The minimum atomic E-state index is -0.0340. The first-order chi connectivity index (χ1) is 11.7. The number of piperazine rings is 1. The molecule has 2 aromatic rings. The van der Waals surface area contributed by atoms with Crippen molar-refractivity contribution in [3.8, 4) is 0 Å². The normalized spacial score (nSPS) is 16.1. The lowest BCUT2D eigenvalue weighted by Gasteiger charge is -2.37. The summed E-state index contributed by atoms with van der Waals surface area (Å²) in [6.45, 7) is 5.34. The fourth-order valence-electron chi connectivity index (χ4n) is 3.30. The number of carbonyl (C=O) groups is 1. The maximum absolute atomic E-state index is 12.9. The lowest BCUT2D eigenvalue weighted by Crippen LogP contribution is -2.50. The van der Waals surface area contributed by atoms with Gasteiger partial charge in [0.2, 0.25) is 5.91 Å².